The third-order valence-corrected chi connectivity index (χ3v) is 4.40. The van der Waals surface area contributed by atoms with Gasteiger partial charge in [-0.15, -0.1) is 0 Å². The molecule has 1 aromatic carbocycles. The minimum atomic E-state index is -4.50. The summed E-state index contributed by atoms with van der Waals surface area (Å²) < 4.78 is 43.8. The number of nitrogen functional groups attached to an aromatic ring is 1. The number of oxazole rings is 1. The van der Waals surface area contributed by atoms with E-state index in [9.17, 15) is 18.0 Å². The van der Waals surface area contributed by atoms with Crippen LogP contribution in [0, 0.1) is 0 Å². The molecule has 3 aromatic rings. The van der Waals surface area contributed by atoms with Gasteiger partial charge in [0, 0.05) is 30.4 Å². The maximum absolute atomic E-state index is 12.8. The van der Waals surface area contributed by atoms with Crippen molar-refractivity contribution in [1.29, 1.82) is 0 Å². The standard InChI is InChI=1S/C18H15F3N6O2/c19-18(20,21)11-2-1-3-12(6-11)24-15(28)14-9-29-17(26-14)27-5-4-13-10(8-27)7-23-16(22)25-13/h1-3,6-7,9H,4-5,8H2,(H,24,28)(H2,22,23,25). The Hall–Kier alpha value is -3.63. The minimum absolute atomic E-state index is 0.0102. The summed E-state index contributed by atoms with van der Waals surface area (Å²) >= 11 is 0. The van der Waals surface area contributed by atoms with E-state index in [4.69, 9.17) is 10.2 Å². The van der Waals surface area contributed by atoms with Crippen LogP contribution < -0.4 is 16.0 Å². The number of nitrogens with zero attached hydrogens (tertiary/aromatic N) is 4. The second kappa shape index (κ2) is 7.08. The molecule has 0 unspecified atom stereocenters. The second-order valence-corrected chi connectivity index (χ2v) is 6.42. The molecule has 0 radical (unpaired) electrons. The number of nitrogens with two attached hydrogens (primary N) is 1. The monoisotopic (exact) mass is 404 g/mol. The van der Waals surface area contributed by atoms with Crippen LogP contribution in [0.15, 0.2) is 41.1 Å². The Balaban J connectivity index is 1.47. The summed E-state index contributed by atoms with van der Waals surface area (Å²) in [7, 11) is 0. The van der Waals surface area contributed by atoms with Gasteiger partial charge in [0.2, 0.25) is 5.95 Å². The quantitative estimate of drug-likeness (QED) is 0.691. The van der Waals surface area contributed by atoms with Crippen molar-refractivity contribution in [3.63, 3.8) is 0 Å². The van der Waals surface area contributed by atoms with E-state index in [-0.39, 0.29) is 23.3 Å². The molecule has 150 valence electrons. The number of rotatable bonds is 3. The maximum Gasteiger partial charge on any atom is 0.416 e. The predicted molar refractivity (Wildman–Crippen MR) is 97.1 cm³/mol. The SMILES string of the molecule is Nc1ncc2c(n1)CCN(c1nc(C(=O)Nc3cccc(C(F)(F)F)c3)co1)C2. The van der Waals surface area contributed by atoms with Crippen LogP contribution in [0.2, 0.25) is 0 Å². The average Bonchev–Trinajstić information content (AvgIpc) is 3.17. The molecule has 3 heterocycles. The molecule has 4 rings (SSSR count). The highest BCUT2D eigenvalue weighted by Gasteiger charge is 2.30. The zero-order chi connectivity index (χ0) is 20.6. The number of carbonyl (C=O) groups is 1. The Labute approximate surface area is 162 Å². The summed E-state index contributed by atoms with van der Waals surface area (Å²) in [5.41, 5.74) is 6.42. The lowest BCUT2D eigenvalue weighted by Crippen LogP contribution is -2.31. The number of hydrogen-bond donors (Lipinski definition) is 2. The van der Waals surface area contributed by atoms with E-state index in [1.165, 1.54) is 12.1 Å². The smallest absolute Gasteiger partial charge is 0.416 e. The number of alkyl halides is 3. The first kappa shape index (κ1) is 18.7. The summed E-state index contributed by atoms with van der Waals surface area (Å²) in [5, 5.41) is 2.39. The lowest BCUT2D eigenvalue weighted by molar-refractivity contribution is -0.137. The molecule has 3 N–H and O–H groups in total. The Bertz CT molecular complexity index is 1070. The molecule has 1 aliphatic rings. The zero-order valence-electron chi connectivity index (χ0n) is 14.9. The Morgan fingerprint density at radius 2 is 2.10 bits per heavy atom. The van der Waals surface area contributed by atoms with Crippen LogP contribution in [0.25, 0.3) is 0 Å². The highest BCUT2D eigenvalue weighted by atomic mass is 19.4. The van der Waals surface area contributed by atoms with E-state index in [0.29, 0.717) is 19.5 Å². The van der Waals surface area contributed by atoms with Crippen LogP contribution in [0.3, 0.4) is 0 Å². The van der Waals surface area contributed by atoms with Crippen LogP contribution in [-0.4, -0.2) is 27.4 Å². The molecular weight excluding hydrogens is 389 g/mol. The van der Waals surface area contributed by atoms with Crippen molar-refractivity contribution in [1.82, 2.24) is 15.0 Å². The van der Waals surface area contributed by atoms with Crippen LogP contribution >= 0.6 is 0 Å². The molecule has 0 bridgehead atoms. The molecule has 0 saturated carbocycles. The topological polar surface area (TPSA) is 110 Å². The molecule has 1 amide bonds. The van der Waals surface area contributed by atoms with E-state index in [2.05, 4.69) is 20.3 Å². The number of carbonyl (C=O) groups excluding carboxylic acids is 1. The van der Waals surface area contributed by atoms with Crippen molar-refractivity contribution >= 4 is 23.6 Å². The van der Waals surface area contributed by atoms with Gasteiger partial charge in [0.1, 0.15) is 6.26 Å². The molecule has 0 saturated heterocycles. The lowest BCUT2D eigenvalue weighted by atomic mass is 10.1. The second-order valence-electron chi connectivity index (χ2n) is 6.42. The largest absolute Gasteiger partial charge is 0.431 e. The number of halogens is 3. The third kappa shape index (κ3) is 3.98. The fourth-order valence-corrected chi connectivity index (χ4v) is 2.98. The van der Waals surface area contributed by atoms with Gasteiger partial charge < -0.3 is 20.4 Å². The van der Waals surface area contributed by atoms with E-state index < -0.39 is 17.6 Å². The van der Waals surface area contributed by atoms with Gasteiger partial charge in [0.15, 0.2) is 5.69 Å². The van der Waals surface area contributed by atoms with Crippen LogP contribution in [0.4, 0.5) is 30.8 Å². The highest BCUT2D eigenvalue weighted by molar-refractivity contribution is 6.02. The van der Waals surface area contributed by atoms with Crippen molar-refractivity contribution in [3.05, 3.63) is 59.2 Å². The highest BCUT2D eigenvalue weighted by Crippen LogP contribution is 2.31. The molecule has 0 aliphatic carbocycles. The molecule has 1 aliphatic heterocycles. The Kier molecular flexibility index (Phi) is 4.57. The molecule has 11 heteroatoms. The van der Waals surface area contributed by atoms with E-state index >= 15 is 0 Å². The number of aromatic nitrogens is 3. The molecular formula is C18H15F3N6O2. The molecule has 8 nitrogen and oxygen atoms in total. The molecule has 0 spiro atoms. The van der Waals surface area contributed by atoms with Crippen molar-refractivity contribution < 1.29 is 22.4 Å². The van der Waals surface area contributed by atoms with E-state index in [1.807, 2.05) is 4.90 Å². The fourth-order valence-electron chi connectivity index (χ4n) is 2.98. The average molecular weight is 404 g/mol. The summed E-state index contributed by atoms with van der Waals surface area (Å²) in [4.78, 5) is 26.5. The summed E-state index contributed by atoms with van der Waals surface area (Å²) in [5.74, 6) is -0.463. The number of benzene rings is 1. The fraction of sp³-hybridized carbons (Fsp3) is 0.222. The number of nitrogens with one attached hydrogen (secondary N) is 1. The van der Waals surface area contributed by atoms with Crippen LogP contribution in [0.1, 0.15) is 27.3 Å². The Morgan fingerprint density at radius 1 is 1.28 bits per heavy atom. The maximum atomic E-state index is 12.8. The van der Waals surface area contributed by atoms with Crippen molar-refractivity contribution in [2.45, 2.75) is 19.1 Å². The van der Waals surface area contributed by atoms with Gasteiger partial charge in [-0.25, -0.2) is 9.97 Å². The van der Waals surface area contributed by atoms with Gasteiger partial charge in [-0.2, -0.15) is 18.2 Å². The predicted octanol–water partition coefficient (Wildman–Crippen LogP) is 2.88. The zero-order valence-corrected chi connectivity index (χ0v) is 14.9. The first-order valence-corrected chi connectivity index (χ1v) is 8.59. The molecule has 29 heavy (non-hydrogen) atoms. The summed E-state index contributed by atoms with van der Waals surface area (Å²) in [6.07, 6.45) is -1.10. The lowest BCUT2D eigenvalue weighted by Gasteiger charge is -2.26. The summed E-state index contributed by atoms with van der Waals surface area (Å²) in [6, 6.07) is 4.58. The number of anilines is 3. The summed E-state index contributed by atoms with van der Waals surface area (Å²) in [6.45, 7) is 0.990. The van der Waals surface area contributed by atoms with E-state index in [0.717, 1.165) is 29.7 Å². The molecule has 0 atom stereocenters. The van der Waals surface area contributed by atoms with Gasteiger partial charge in [-0.05, 0) is 18.2 Å². The van der Waals surface area contributed by atoms with E-state index in [1.54, 1.807) is 6.20 Å². The number of hydrogen-bond acceptors (Lipinski definition) is 7. The number of amides is 1. The van der Waals surface area contributed by atoms with Gasteiger partial charge in [-0.1, -0.05) is 6.07 Å². The van der Waals surface area contributed by atoms with Crippen molar-refractivity contribution in [2.24, 2.45) is 0 Å². The third-order valence-electron chi connectivity index (χ3n) is 4.40. The van der Waals surface area contributed by atoms with Crippen LogP contribution in [0.5, 0.6) is 0 Å². The van der Waals surface area contributed by atoms with Gasteiger partial charge >= 0.3 is 6.18 Å². The minimum Gasteiger partial charge on any atom is -0.431 e. The van der Waals surface area contributed by atoms with Gasteiger partial charge in [-0.3, -0.25) is 4.79 Å². The first-order valence-electron chi connectivity index (χ1n) is 8.59. The molecule has 0 fully saturated rings. The van der Waals surface area contributed by atoms with Crippen molar-refractivity contribution in [3.8, 4) is 0 Å². The van der Waals surface area contributed by atoms with Crippen LogP contribution in [-0.2, 0) is 19.1 Å². The number of fused-ring (bicyclic) bond motifs is 1. The molecule has 2 aromatic heterocycles. The van der Waals surface area contributed by atoms with Crippen molar-refractivity contribution in [2.75, 3.05) is 22.5 Å². The first-order chi connectivity index (χ1) is 13.8. The normalized spacial score (nSPS) is 13.8. The van der Waals surface area contributed by atoms with Gasteiger partial charge in [0.05, 0.1) is 17.8 Å². The van der Waals surface area contributed by atoms with Gasteiger partial charge in [0.25, 0.3) is 11.9 Å². The Morgan fingerprint density at radius 3 is 2.90 bits per heavy atom.